The van der Waals surface area contributed by atoms with E-state index < -0.39 is 11.5 Å². The van der Waals surface area contributed by atoms with Gasteiger partial charge in [-0.1, -0.05) is 62.4 Å². The third-order valence-corrected chi connectivity index (χ3v) is 6.25. The predicted octanol–water partition coefficient (Wildman–Crippen LogP) is 3.41. The Balaban J connectivity index is 1.87. The van der Waals surface area contributed by atoms with Crippen molar-refractivity contribution in [2.24, 2.45) is 11.8 Å². The van der Waals surface area contributed by atoms with E-state index in [0.29, 0.717) is 6.54 Å². The summed E-state index contributed by atoms with van der Waals surface area (Å²) in [5.74, 6) is -0.966. The second-order valence-electron chi connectivity index (χ2n) is 7.65. The maximum Gasteiger partial charge on any atom is 0.310 e. The van der Waals surface area contributed by atoms with Crippen molar-refractivity contribution in [3.63, 3.8) is 0 Å². The largest absolute Gasteiger partial charge is 0.469 e. The number of nitrogens with zero attached hydrogens (tertiary/aromatic N) is 1. The van der Waals surface area contributed by atoms with Gasteiger partial charge in [-0.05, 0) is 18.1 Å². The van der Waals surface area contributed by atoms with E-state index in [0.717, 1.165) is 23.2 Å². The summed E-state index contributed by atoms with van der Waals surface area (Å²) in [5.41, 5.74) is 1.95. The number of hydrogen-bond donors (Lipinski definition) is 1. The van der Waals surface area contributed by atoms with Crippen LogP contribution in [0.25, 0.3) is 0 Å². The second kappa shape index (κ2) is 7.06. The van der Waals surface area contributed by atoms with Crippen LogP contribution in [-0.2, 0) is 19.9 Å². The standard InChI is InChI=1S/C23H26N2O3/c1-4-14-25-18-13-9-8-12-17(18)23(22(25)27)15(2)19(21(26)28-3)20(24-23)16-10-6-5-7-11-16/h5-13,15,19-20,24H,4,14H2,1-3H3/t15-,19-,20-,23-/m0/s1. The van der Waals surface area contributed by atoms with Crippen molar-refractivity contribution < 1.29 is 14.3 Å². The van der Waals surface area contributed by atoms with Gasteiger partial charge < -0.3 is 9.64 Å². The molecule has 0 aliphatic carbocycles. The van der Waals surface area contributed by atoms with Gasteiger partial charge in [0.15, 0.2) is 0 Å². The number of benzene rings is 2. The number of nitrogens with one attached hydrogen (secondary N) is 1. The summed E-state index contributed by atoms with van der Waals surface area (Å²) in [6.07, 6.45) is 0.868. The Bertz CT molecular complexity index is 898. The van der Waals surface area contributed by atoms with Gasteiger partial charge in [-0.3, -0.25) is 14.9 Å². The molecule has 0 radical (unpaired) electrons. The van der Waals surface area contributed by atoms with Gasteiger partial charge in [0.25, 0.3) is 5.91 Å². The van der Waals surface area contributed by atoms with E-state index in [-0.39, 0.29) is 23.8 Å². The van der Waals surface area contributed by atoms with Crippen LogP contribution < -0.4 is 10.2 Å². The Morgan fingerprint density at radius 1 is 1.14 bits per heavy atom. The Morgan fingerprint density at radius 3 is 2.50 bits per heavy atom. The molecule has 2 aromatic carbocycles. The summed E-state index contributed by atoms with van der Waals surface area (Å²) in [7, 11) is 1.41. The van der Waals surface area contributed by atoms with Crippen LogP contribution in [0.1, 0.15) is 37.4 Å². The molecule has 2 aliphatic heterocycles. The molecule has 1 saturated heterocycles. The molecule has 4 atom stereocenters. The van der Waals surface area contributed by atoms with Crippen molar-refractivity contribution in [2.45, 2.75) is 31.8 Å². The first-order valence-electron chi connectivity index (χ1n) is 9.88. The van der Waals surface area contributed by atoms with Gasteiger partial charge in [-0.2, -0.15) is 0 Å². The van der Waals surface area contributed by atoms with Gasteiger partial charge in [-0.15, -0.1) is 0 Å². The highest BCUT2D eigenvalue weighted by molar-refractivity contribution is 6.08. The SMILES string of the molecule is CCCN1C(=O)[C@@]2(N[C@@H](c3ccccc3)[C@@H](C(=O)OC)[C@@H]2C)c2ccccc21. The summed E-state index contributed by atoms with van der Waals surface area (Å²) in [4.78, 5) is 28.4. The number of carbonyl (C=O) groups excluding carboxylic acids is 2. The van der Waals surface area contributed by atoms with Crippen LogP contribution in [0.5, 0.6) is 0 Å². The molecule has 5 nitrogen and oxygen atoms in total. The molecule has 2 aliphatic rings. The Morgan fingerprint density at radius 2 is 1.82 bits per heavy atom. The first-order valence-corrected chi connectivity index (χ1v) is 9.88. The van der Waals surface area contributed by atoms with Crippen molar-refractivity contribution in [1.82, 2.24) is 5.32 Å². The Labute approximate surface area is 165 Å². The number of amides is 1. The van der Waals surface area contributed by atoms with Crippen LogP contribution in [0.2, 0.25) is 0 Å². The highest BCUT2D eigenvalue weighted by Crippen LogP contribution is 2.54. The van der Waals surface area contributed by atoms with E-state index in [1.54, 1.807) is 0 Å². The normalized spacial score (nSPS) is 28.6. The van der Waals surface area contributed by atoms with Gasteiger partial charge in [0.05, 0.1) is 13.0 Å². The molecule has 2 aromatic rings. The Hall–Kier alpha value is -2.66. The van der Waals surface area contributed by atoms with E-state index in [2.05, 4.69) is 12.2 Å². The second-order valence-corrected chi connectivity index (χ2v) is 7.65. The maximum atomic E-state index is 13.7. The Kier molecular flexibility index (Phi) is 4.71. The van der Waals surface area contributed by atoms with E-state index >= 15 is 0 Å². The molecule has 28 heavy (non-hydrogen) atoms. The third kappa shape index (κ3) is 2.49. The van der Waals surface area contributed by atoms with E-state index in [9.17, 15) is 9.59 Å². The van der Waals surface area contributed by atoms with Crippen molar-refractivity contribution >= 4 is 17.6 Å². The maximum absolute atomic E-state index is 13.7. The molecular formula is C23H26N2O3. The lowest BCUT2D eigenvalue weighted by Gasteiger charge is -2.29. The first-order chi connectivity index (χ1) is 13.6. The topological polar surface area (TPSA) is 58.6 Å². The number of ether oxygens (including phenoxy) is 1. The van der Waals surface area contributed by atoms with E-state index in [1.807, 2.05) is 66.4 Å². The highest BCUT2D eigenvalue weighted by Gasteiger charge is 2.63. The number of anilines is 1. The van der Waals surface area contributed by atoms with Crippen molar-refractivity contribution in [1.29, 1.82) is 0 Å². The summed E-state index contributed by atoms with van der Waals surface area (Å²) in [5, 5.41) is 3.60. The molecule has 4 rings (SSSR count). The summed E-state index contributed by atoms with van der Waals surface area (Å²) in [6, 6.07) is 17.5. The number of hydrogen-bond acceptors (Lipinski definition) is 4. The number of fused-ring (bicyclic) bond motifs is 2. The zero-order chi connectivity index (χ0) is 19.9. The zero-order valence-corrected chi connectivity index (χ0v) is 16.5. The number of para-hydroxylation sites is 1. The molecule has 1 fully saturated rings. The molecule has 1 amide bonds. The number of rotatable bonds is 4. The molecule has 0 aromatic heterocycles. The summed E-state index contributed by atoms with van der Waals surface area (Å²) in [6.45, 7) is 4.71. The predicted molar refractivity (Wildman–Crippen MR) is 108 cm³/mol. The first kappa shape index (κ1) is 18.7. The monoisotopic (exact) mass is 378 g/mol. The molecule has 5 heteroatoms. The lowest BCUT2D eigenvalue weighted by atomic mass is 9.76. The molecular weight excluding hydrogens is 352 g/mol. The van der Waals surface area contributed by atoms with Gasteiger partial charge >= 0.3 is 5.97 Å². The molecule has 1 spiro atoms. The minimum atomic E-state index is -0.925. The summed E-state index contributed by atoms with van der Waals surface area (Å²) < 4.78 is 5.15. The molecule has 0 unspecified atom stereocenters. The average Bonchev–Trinajstić information content (AvgIpc) is 3.17. The van der Waals surface area contributed by atoms with Crippen LogP contribution in [0.3, 0.4) is 0 Å². The fraction of sp³-hybridized carbons (Fsp3) is 0.391. The van der Waals surface area contributed by atoms with Gasteiger partial charge in [0.2, 0.25) is 0 Å². The van der Waals surface area contributed by atoms with Crippen LogP contribution >= 0.6 is 0 Å². The zero-order valence-electron chi connectivity index (χ0n) is 16.5. The van der Waals surface area contributed by atoms with Crippen molar-refractivity contribution in [2.75, 3.05) is 18.6 Å². The fourth-order valence-electron chi connectivity index (χ4n) is 4.96. The van der Waals surface area contributed by atoms with Crippen LogP contribution in [0.15, 0.2) is 54.6 Å². The minimum absolute atomic E-state index is 0.0235. The highest BCUT2D eigenvalue weighted by atomic mass is 16.5. The molecule has 1 N–H and O–H groups in total. The van der Waals surface area contributed by atoms with Crippen LogP contribution in [-0.4, -0.2) is 25.5 Å². The lowest BCUT2D eigenvalue weighted by Crippen LogP contribution is -2.51. The average molecular weight is 378 g/mol. The fourth-order valence-corrected chi connectivity index (χ4v) is 4.96. The van der Waals surface area contributed by atoms with Crippen molar-refractivity contribution in [3.8, 4) is 0 Å². The minimum Gasteiger partial charge on any atom is -0.469 e. The van der Waals surface area contributed by atoms with Crippen LogP contribution in [0, 0.1) is 11.8 Å². The number of methoxy groups -OCH3 is 1. The van der Waals surface area contributed by atoms with Gasteiger partial charge in [0.1, 0.15) is 5.54 Å². The lowest BCUT2D eigenvalue weighted by molar-refractivity contribution is -0.147. The molecule has 0 saturated carbocycles. The molecule has 146 valence electrons. The third-order valence-electron chi connectivity index (χ3n) is 6.25. The smallest absolute Gasteiger partial charge is 0.310 e. The molecule has 2 heterocycles. The van der Waals surface area contributed by atoms with E-state index in [1.165, 1.54) is 7.11 Å². The number of esters is 1. The molecule has 0 bridgehead atoms. The van der Waals surface area contributed by atoms with Crippen molar-refractivity contribution in [3.05, 3.63) is 65.7 Å². The van der Waals surface area contributed by atoms with Crippen LogP contribution in [0.4, 0.5) is 5.69 Å². The van der Waals surface area contributed by atoms with E-state index in [4.69, 9.17) is 4.74 Å². The quantitative estimate of drug-likeness (QED) is 0.829. The van der Waals surface area contributed by atoms with Gasteiger partial charge in [-0.25, -0.2) is 0 Å². The number of carbonyl (C=O) groups is 2. The van der Waals surface area contributed by atoms with Gasteiger partial charge in [0, 0.05) is 29.8 Å². The summed E-state index contributed by atoms with van der Waals surface area (Å²) >= 11 is 0.